The molecule has 0 unspecified atom stereocenters. The molecule has 0 bridgehead atoms. The van der Waals surface area contributed by atoms with E-state index in [1.54, 1.807) is 6.08 Å². The third-order valence-electron chi connectivity index (χ3n) is 3.09. The van der Waals surface area contributed by atoms with Gasteiger partial charge in [0.2, 0.25) is 0 Å². The second kappa shape index (κ2) is 7.22. The van der Waals surface area contributed by atoms with E-state index in [0.717, 1.165) is 11.3 Å². The number of anilines is 1. The van der Waals surface area contributed by atoms with Crippen LogP contribution in [0.4, 0.5) is 11.4 Å². The molecular formula is C17H16N2O4. The number of rotatable bonds is 5. The Labute approximate surface area is 133 Å². The second-order valence-electron chi connectivity index (χ2n) is 4.99. The number of non-ortho nitro benzene ring substituents is 1. The minimum absolute atomic E-state index is 0.0543. The summed E-state index contributed by atoms with van der Waals surface area (Å²) in [6.45, 7) is 0. The molecule has 2 rings (SSSR count). The second-order valence-corrected chi connectivity index (χ2v) is 4.99. The lowest BCUT2D eigenvalue weighted by Gasteiger charge is -2.11. The maximum Gasteiger partial charge on any atom is 0.336 e. The molecule has 23 heavy (non-hydrogen) atoms. The average molecular weight is 312 g/mol. The van der Waals surface area contributed by atoms with E-state index in [2.05, 4.69) is 0 Å². The van der Waals surface area contributed by atoms with Crippen molar-refractivity contribution < 1.29 is 14.5 Å². The number of nitro benzene ring substituents is 1. The molecule has 0 radical (unpaired) electrons. The zero-order chi connectivity index (χ0) is 16.8. The lowest BCUT2D eigenvalue weighted by molar-refractivity contribution is -0.384. The molecule has 0 fully saturated rings. The number of carbonyl (C=O) groups is 1. The molecule has 0 aromatic heterocycles. The molecule has 0 N–H and O–H groups in total. The topological polar surface area (TPSA) is 72.7 Å². The van der Waals surface area contributed by atoms with Gasteiger partial charge in [0.1, 0.15) is 5.75 Å². The summed E-state index contributed by atoms with van der Waals surface area (Å²) in [5.74, 6) is -0.288. The van der Waals surface area contributed by atoms with Gasteiger partial charge in [-0.15, -0.1) is 0 Å². The number of hydrogen-bond acceptors (Lipinski definition) is 5. The van der Waals surface area contributed by atoms with Crippen molar-refractivity contribution in [1.82, 2.24) is 0 Å². The van der Waals surface area contributed by atoms with Gasteiger partial charge in [0.15, 0.2) is 0 Å². The summed E-state index contributed by atoms with van der Waals surface area (Å²) in [6.07, 6.45) is 2.96. The molecule has 0 aliphatic rings. The van der Waals surface area contributed by atoms with Crippen LogP contribution in [0.15, 0.2) is 54.6 Å². The Balaban J connectivity index is 1.97. The zero-order valence-electron chi connectivity index (χ0n) is 12.8. The predicted molar refractivity (Wildman–Crippen MR) is 88.5 cm³/mol. The van der Waals surface area contributed by atoms with Crippen molar-refractivity contribution in [3.05, 3.63) is 70.3 Å². The van der Waals surface area contributed by atoms with Crippen LogP contribution >= 0.6 is 0 Å². The molecule has 0 saturated heterocycles. The van der Waals surface area contributed by atoms with Crippen molar-refractivity contribution in [2.75, 3.05) is 19.0 Å². The summed E-state index contributed by atoms with van der Waals surface area (Å²) >= 11 is 0. The van der Waals surface area contributed by atoms with Gasteiger partial charge in [0.25, 0.3) is 5.69 Å². The standard InChI is InChI=1S/C17H16N2O4/c1-18(2)14-6-3-13(4-7-14)5-12-17(20)23-16-10-8-15(9-11-16)19(21)22/h3-12H,1-2H3. The maximum absolute atomic E-state index is 11.7. The molecule has 118 valence electrons. The van der Waals surface area contributed by atoms with Crippen LogP contribution in [0.2, 0.25) is 0 Å². The van der Waals surface area contributed by atoms with E-state index in [1.807, 2.05) is 43.3 Å². The molecular weight excluding hydrogens is 296 g/mol. The van der Waals surface area contributed by atoms with Crippen molar-refractivity contribution in [2.24, 2.45) is 0 Å². The highest BCUT2D eigenvalue weighted by Gasteiger charge is 2.06. The Bertz CT molecular complexity index is 719. The molecule has 0 aliphatic heterocycles. The largest absolute Gasteiger partial charge is 0.423 e. The highest BCUT2D eigenvalue weighted by Crippen LogP contribution is 2.18. The summed E-state index contributed by atoms with van der Waals surface area (Å²) in [5, 5.41) is 10.5. The Morgan fingerprint density at radius 3 is 2.22 bits per heavy atom. The van der Waals surface area contributed by atoms with Gasteiger partial charge in [-0.05, 0) is 35.9 Å². The molecule has 6 heteroatoms. The fourth-order valence-corrected chi connectivity index (χ4v) is 1.83. The first-order valence-corrected chi connectivity index (χ1v) is 6.87. The van der Waals surface area contributed by atoms with E-state index in [9.17, 15) is 14.9 Å². The normalized spacial score (nSPS) is 10.5. The minimum atomic E-state index is -0.546. The highest BCUT2D eigenvalue weighted by molar-refractivity contribution is 5.88. The Hall–Kier alpha value is -3.15. The molecule has 0 aliphatic carbocycles. The minimum Gasteiger partial charge on any atom is -0.423 e. The van der Waals surface area contributed by atoms with Gasteiger partial charge in [0, 0.05) is 38.0 Å². The van der Waals surface area contributed by atoms with Crippen LogP contribution in [0.5, 0.6) is 5.75 Å². The lowest BCUT2D eigenvalue weighted by Crippen LogP contribution is -2.08. The molecule has 6 nitrogen and oxygen atoms in total. The Morgan fingerprint density at radius 1 is 1.09 bits per heavy atom. The fourth-order valence-electron chi connectivity index (χ4n) is 1.83. The smallest absolute Gasteiger partial charge is 0.336 e. The fraction of sp³-hybridized carbons (Fsp3) is 0.118. The van der Waals surface area contributed by atoms with E-state index < -0.39 is 10.9 Å². The van der Waals surface area contributed by atoms with E-state index in [0.29, 0.717) is 0 Å². The van der Waals surface area contributed by atoms with Crippen molar-refractivity contribution >= 4 is 23.4 Å². The van der Waals surface area contributed by atoms with Crippen LogP contribution in [0, 0.1) is 10.1 Å². The van der Waals surface area contributed by atoms with Gasteiger partial charge in [-0.2, -0.15) is 0 Å². The molecule has 0 spiro atoms. The van der Waals surface area contributed by atoms with Crippen LogP contribution in [-0.2, 0) is 4.79 Å². The van der Waals surface area contributed by atoms with E-state index in [4.69, 9.17) is 4.74 Å². The summed E-state index contributed by atoms with van der Waals surface area (Å²) < 4.78 is 5.08. The number of esters is 1. The number of hydrogen-bond donors (Lipinski definition) is 0. The van der Waals surface area contributed by atoms with Crippen LogP contribution in [0.3, 0.4) is 0 Å². The SMILES string of the molecule is CN(C)c1ccc(C=CC(=O)Oc2ccc([N+](=O)[O-])cc2)cc1. The number of benzene rings is 2. The van der Waals surface area contributed by atoms with E-state index in [-0.39, 0.29) is 11.4 Å². The van der Waals surface area contributed by atoms with Crippen LogP contribution < -0.4 is 9.64 Å². The number of ether oxygens (including phenoxy) is 1. The van der Waals surface area contributed by atoms with Crippen molar-refractivity contribution in [3.8, 4) is 5.75 Å². The van der Waals surface area contributed by atoms with E-state index >= 15 is 0 Å². The average Bonchev–Trinajstić information content (AvgIpc) is 2.54. The quantitative estimate of drug-likeness (QED) is 0.278. The first-order chi connectivity index (χ1) is 11.0. The third kappa shape index (κ3) is 4.67. The highest BCUT2D eigenvalue weighted by atomic mass is 16.6. The first kappa shape index (κ1) is 16.2. The van der Waals surface area contributed by atoms with Gasteiger partial charge in [-0.25, -0.2) is 4.79 Å². The van der Waals surface area contributed by atoms with E-state index in [1.165, 1.54) is 30.3 Å². The molecule has 2 aromatic carbocycles. The van der Waals surface area contributed by atoms with Gasteiger partial charge in [-0.3, -0.25) is 10.1 Å². The van der Waals surface area contributed by atoms with Crippen LogP contribution in [0.25, 0.3) is 6.08 Å². The predicted octanol–water partition coefficient (Wildman–Crippen LogP) is 3.28. The molecule has 2 aromatic rings. The summed E-state index contributed by atoms with van der Waals surface area (Å²) in [4.78, 5) is 23.7. The molecule has 0 saturated carbocycles. The number of nitrogens with zero attached hydrogens (tertiary/aromatic N) is 2. The van der Waals surface area contributed by atoms with Crippen LogP contribution in [0.1, 0.15) is 5.56 Å². The van der Waals surface area contributed by atoms with Gasteiger partial charge < -0.3 is 9.64 Å². The van der Waals surface area contributed by atoms with Gasteiger partial charge >= 0.3 is 5.97 Å². The number of carbonyl (C=O) groups excluding carboxylic acids is 1. The van der Waals surface area contributed by atoms with Crippen molar-refractivity contribution in [2.45, 2.75) is 0 Å². The summed E-state index contributed by atoms with van der Waals surface area (Å²) in [6, 6.07) is 13.0. The first-order valence-electron chi connectivity index (χ1n) is 6.87. The van der Waals surface area contributed by atoms with Gasteiger partial charge in [-0.1, -0.05) is 12.1 Å². The molecule has 0 atom stereocenters. The molecule has 0 heterocycles. The van der Waals surface area contributed by atoms with Crippen LogP contribution in [-0.4, -0.2) is 25.0 Å². The van der Waals surface area contributed by atoms with Gasteiger partial charge in [0.05, 0.1) is 4.92 Å². The monoisotopic (exact) mass is 312 g/mol. The molecule has 0 amide bonds. The lowest BCUT2D eigenvalue weighted by atomic mass is 10.2. The Kier molecular flexibility index (Phi) is 5.09. The summed E-state index contributed by atoms with van der Waals surface area (Å²) in [7, 11) is 3.90. The van der Waals surface area contributed by atoms with Crippen molar-refractivity contribution in [3.63, 3.8) is 0 Å². The van der Waals surface area contributed by atoms with Crippen molar-refractivity contribution in [1.29, 1.82) is 0 Å². The maximum atomic E-state index is 11.7. The zero-order valence-corrected chi connectivity index (χ0v) is 12.8. The third-order valence-corrected chi connectivity index (χ3v) is 3.09. The number of nitro groups is 1. The summed E-state index contributed by atoms with van der Waals surface area (Å²) in [5.41, 5.74) is 1.88. The Morgan fingerprint density at radius 2 is 1.70 bits per heavy atom.